The summed E-state index contributed by atoms with van der Waals surface area (Å²) in [5.74, 6) is 0.358. The summed E-state index contributed by atoms with van der Waals surface area (Å²) in [6.07, 6.45) is 0. The van der Waals surface area contributed by atoms with Gasteiger partial charge in [-0.05, 0) is 54.4 Å². The van der Waals surface area contributed by atoms with Crippen molar-refractivity contribution in [1.29, 1.82) is 0 Å². The minimum Gasteiger partial charge on any atom is -0.494 e. The highest BCUT2D eigenvalue weighted by molar-refractivity contribution is 5.81. The quantitative estimate of drug-likeness (QED) is 0.390. The second-order valence-corrected chi connectivity index (χ2v) is 7.93. The highest BCUT2D eigenvalue weighted by Gasteiger charge is 2.17. The zero-order valence-corrected chi connectivity index (χ0v) is 18.9. The van der Waals surface area contributed by atoms with E-state index in [9.17, 15) is 14.0 Å². The highest BCUT2D eigenvalue weighted by atomic mass is 19.1. The molecular weight excluding hydrogens is 433 g/mol. The van der Waals surface area contributed by atoms with Crippen molar-refractivity contribution in [3.05, 3.63) is 112 Å². The lowest BCUT2D eigenvalue weighted by Gasteiger charge is -2.23. The van der Waals surface area contributed by atoms with Crippen LogP contribution in [0.5, 0.6) is 5.75 Å². The largest absolute Gasteiger partial charge is 0.494 e. The van der Waals surface area contributed by atoms with E-state index in [0.29, 0.717) is 30.0 Å². The topological polar surface area (TPSA) is 74.4 Å². The number of rotatable bonds is 8. The molecule has 0 saturated heterocycles. The van der Waals surface area contributed by atoms with Crippen molar-refractivity contribution in [3.8, 4) is 5.75 Å². The van der Waals surface area contributed by atoms with Gasteiger partial charge < -0.3 is 19.9 Å². The highest BCUT2D eigenvalue weighted by Crippen LogP contribution is 2.20. The number of carbonyl (C=O) groups is 1. The fraction of sp³-hybridized carbons (Fsp3) is 0.185. The minimum absolute atomic E-state index is 0.0855. The maximum Gasteiger partial charge on any atom is 0.318 e. The maximum atomic E-state index is 13.4. The van der Waals surface area contributed by atoms with Gasteiger partial charge in [-0.25, -0.2) is 9.18 Å². The van der Waals surface area contributed by atoms with Crippen molar-refractivity contribution >= 4 is 16.9 Å². The van der Waals surface area contributed by atoms with E-state index < -0.39 is 0 Å². The van der Waals surface area contributed by atoms with E-state index >= 15 is 0 Å². The molecule has 2 N–H and O–H groups in total. The molecule has 1 aromatic heterocycles. The fourth-order valence-corrected chi connectivity index (χ4v) is 3.70. The summed E-state index contributed by atoms with van der Waals surface area (Å²) in [5, 5.41) is 3.73. The Kier molecular flexibility index (Phi) is 7.22. The van der Waals surface area contributed by atoms with Crippen LogP contribution in [0.2, 0.25) is 0 Å². The van der Waals surface area contributed by atoms with Crippen molar-refractivity contribution in [2.24, 2.45) is 0 Å². The molecule has 0 aliphatic heterocycles. The van der Waals surface area contributed by atoms with Gasteiger partial charge >= 0.3 is 6.03 Å². The molecule has 7 heteroatoms. The molecule has 0 saturated carbocycles. The summed E-state index contributed by atoms with van der Waals surface area (Å²) >= 11 is 0. The summed E-state index contributed by atoms with van der Waals surface area (Å²) in [6.45, 7) is 3.10. The van der Waals surface area contributed by atoms with Crippen LogP contribution in [0, 0.1) is 5.82 Å². The van der Waals surface area contributed by atoms with E-state index in [-0.39, 0.29) is 30.5 Å². The van der Waals surface area contributed by atoms with Gasteiger partial charge in [-0.15, -0.1) is 0 Å². The molecule has 174 valence electrons. The predicted octanol–water partition coefficient (Wildman–Crippen LogP) is 4.98. The standard InChI is InChI=1S/C27H26FN3O3/c1-2-34-24-12-13-25-21(15-24)14-22(26(32)30-25)18-31(17-20-8-10-23(28)11-9-20)27(33)29-16-19-6-4-3-5-7-19/h3-15H,2,16-18H2,1H3,(H,29,33)(H,30,32). The van der Waals surface area contributed by atoms with Crippen LogP contribution in [0.4, 0.5) is 9.18 Å². The number of hydrogen-bond acceptors (Lipinski definition) is 3. The Balaban J connectivity index is 1.60. The second-order valence-electron chi connectivity index (χ2n) is 7.93. The molecule has 1 heterocycles. The van der Waals surface area contributed by atoms with E-state index in [1.165, 1.54) is 12.1 Å². The Hall–Kier alpha value is -4.13. The Morgan fingerprint density at radius 3 is 2.47 bits per heavy atom. The average Bonchev–Trinajstić information content (AvgIpc) is 2.85. The molecule has 0 unspecified atom stereocenters. The first-order valence-corrected chi connectivity index (χ1v) is 11.1. The summed E-state index contributed by atoms with van der Waals surface area (Å²) in [5.41, 5.74) is 2.59. The molecular formula is C27H26FN3O3. The van der Waals surface area contributed by atoms with Crippen LogP contribution in [0.15, 0.2) is 83.7 Å². The molecule has 0 aliphatic carbocycles. The molecule has 0 atom stereocenters. The van der Waals surface area contributed by atoms with Gasteiger partial charge in [-0.2, -0.15) is 0 Å². The van der Waals surface area contributed by atoms with Gasteiger partial charge in [-0.3, -0.25) is 4.79 Å². The lowest BCUT2D eigenvalue weighted by molar-refractivity contribution is 0.191. The van der Waals surface area contributed by atoms with Gasteiger partial charge in [0.25, 0.3) is 5.56 Å². The summed E-state index contributed by atoms with van der Waals surface area (Å²) in [7, 11) is 0. The van der Waals surface area contributed by atoms with E-state index in [1.807, 2.05) is 43.3 Å². The molecule has 0 aliphatic rings. The van der Waals surface area contributed by atoms with Crippen molar-refractivity contribution in [3.63, 3.8) is 0 Å². The van der Waals surface area contributed by atoms with Crippen molar-refractivity contribution in [2.45, 2.75) is 26.6 Å². The first-order chi connectivity index (χ1) is 16.5. The molecule has 0 fully saturated rings. The molecule has 4 aromatic rings. The van der Waals surface area contributed by atoms with Crippen molar-refractivity contribution in [2.75, 3.05) is 6.61 Å². The Labute approximate surface area is 197 Å². The number of urea groups is 1. The molecule has 3 aromatic carbocycles. The van der Waals surface area contributed by atoms with Gasteiger partial charge in [0.2, 0.25) is 0 Å². The number of nitrogens with zero attached hydrogens (tertiary/aromatic N) is 1. The minimum atomic E-state index is -0.347. The predicted molar refractivity (Wildman–Crippen MR) is 130 cm³/mol. The van der Waals surface area contributed by atoms with Crippen LogP contribution >= 0.6 is 0 Å². The number of hydrogen-bond donors (Lipinski definition) is 2. The van der Waals surface area contributed by atoms with E-state index in [4.69, 9.17) is 4.74 Å². The van der Waals surface area contributed by atoms with Crippen molar-refractivity contribution in [1.82, 2.24) is 15.2 Å². The van der Waals surface area contributed by atoms with Gasteiger partial charge in [-0.1, -0.05) is 42.5 Å². The zero-order valence-electron chi connectivity index (χ0n) is 18.9. The number of fused-ring (bicyclic) bond motifs is 1. The summed E-state index contributed by atoms with van der Waals surface area (Å²) in [4.78, 5) is 30.3. The van der Waals surface area contributed by atoms with E-state index in [1.54, 1.807) is 35.2 Å². The SMILES string of the molecule is CCOc1ccc2[nH]c(=O)c(CN(Cc3ccc(F)cc3)C(=O)NCc3ccccc3)cc2c1. The third-order valence-corrected chi connectivity index (χ3v) is 5.43. The zero-order chi connectivity index (χ0) is 23.9. The number of carbonyl (C=O) groups excluding carboxylic acids is 1. The van der Waals surface area contributed by atoms with Gasteiger partial charge in [0.05, 0.1) is 13.2 Å². The third kappa shape index (κ3) is 5.81. The smallest absolute Gasteiger partial charge is 0.318 e. The Bertz CT molecular complexity index is 1320. The first kappa shape index (κ1) is 23.0. The lowest BCUT2D eigenvalue weighted by Crippen LogP contribution is -2.39. The van der Waals surface area contributed by atoms with Crippen LogP contribution in [0.1, 0.15) is 23.6 Å². The maximum absolute atomic E-state index is 13.4. The number of benzene rings is 3. The molecule has 0 spiro atoms. The van der Waals surface area contributed by atoms with Crippen LogP contribution in [0.25, 0.3) is 10.9 Å². The Morgan fingerprint density at radius 2 is 1.74 bits per heavy atom. The number of amides is 2. The summed E-state index contributed by atoms with van der Waals surface area (Å²) < 4.78 is 18.9. The van der Waals surface area contributed by atoms with Crippen LogP contribution in [0.3, 0.4) is 0 Å². The fourth-order valence-electron chi connectivity index (χ4n) is 3.70. The number of H-pyrrole nitrogens is 1. The number of pyridine rings is 1. The molecule has 2 amide bonds. The number of ether oxygens (including phenoxy) is 1. The number of aromatic nitrogens is 1. The van der Waals surface area contributed by atoms with Gasteiger partial charge in [0.15, 0.2) is 0 Å². The number of aromatic amines is 1. The molecule has 6 nitrogen and oxygen atoms in total. The van der Waals surface area contributed by atoms with Crippen molar-refractivity contribution < 1.29 is 13.9 Å². The summed E-state index contributed by atoms with van der Waals surface area (Å²) in [6, 6.07) is 22.5. The lowest BCUT2D eigenvalue weighted by atomic mass is 10.1. The average molecular weight is 460 g/mol. The monoisotopic (exact) mass is 459 g/mol. The molecule has 34 heavy (non-hydrogen) atoms. The molecule has 0 bridgehead atoms. The van der Waals surface area contributed by atoms with E-state index in [2.05, 4.69) is 10.3 Å². The second kappa shape index (κ2) is 10.7. The van der Waals surface area contributed by atoms with Crippen LogP contribution < -0.4 is 15.6 Å². The van der Waals surface area contributed by atoms with Crippen LogP contribution in [-0.2, 0) is 19.6 Å². The molecule has 4 rings (SSSR count). The first-order valence-electron chi connectivity index (χ1n) is 11.1. The van der Waals surface area contributed by atoms with Gasteiger partial charge in [0.1, 0.15) is 11.6 Å². The normalized spacial score (nSPS) is 10.8. The number of nitrogens with one attached hydrogen (secondary N) is 2. The van der Waals surface area contributed by atoms with Crippen LogP contribution in [-0.4, -0.2) is 22.5 Å². The van der Waals surface area contributed by atoms with E-state index in [0.717, 1.165) is 16.5 Å². The third-order valence-electron chi connectivity index (χ3n) is 5.43. The van der Waals surface area contributed by atoms with Gasteiger partial charge in [0, 0.05) is 29.6 Å². The Morgan fingerprint density at radius 1 is 0.971 bits per heavy atom. The molecule has 0 radical (unpaired) electrons. The number of halogens is 1.